The van der Waals surface area contributed by atoms with E-state index in [1.165, 1.54) is 18.4 Å². The molecule has 0 unspecified atom stereocenters. The van der Waals surface area contributed by atoms with Crippen LogP contribution in [0.25, 0.3) is 0 Å². The first-order valence-corrected chi connectivity index (χ1v) is 6.66. The lowest BCUT2D eigenvalue weighted by Gasteiger charge is -2.36. The normalized spacial score (nSPS) is 22.7. The highest BCUT2D eigenvalue weighted by Gasteiger charge is 2.29. The number of halogens is 1. The molecule has 0 bridgehead atoms. The zero-order valence-corrected chi connectivity index (χ0v) is 10.8. The van der Waals surface area contributed by atoms with Gasteiger partial charge in [-0.25, -0.2) is 4.98 Å². The molecule has 2 aromatic rings. The van der Waals surface area contributed by atoms with Crippen LogP contribution in [0.1, 0.15) is 30.1 Å². The van der Waals surface area contributed by atoms with Gasteiger partial charge in [-0.15, -0.1) is 0 Å². The van der Waals surface area contributed by atoms with E-state index >= 15 is 0 Å². The van der Waals surface area contributed by atoms with E-state index in [1.54, 1.807) is 6.20 Å². The summed E-state index contributed by atoms with van der Waals surface area (Å²) >= 11 is 5.89. The predicted molar refractivity (Wildman–Crippen MR) is 72.6 cm³/mol. The Labute approximate surface area is 112 Å². The minimum atomic E-state index is 0.607. The second kappa shape index (κ2) is 5.12. The van der Waals surface area contributed by atoms with Gasteiger partial charge in [-0.2, -0.15) is 0 Å². The highest BCUT2D eigenvalue weighted by atomic mass is 35.5. The molecule has 4 heteroatoms. The van der Waals surface area contributed by atoms with Gasteiger partial charge in [-0.05, 0) is 36.5 Å². The van der Waals surface area contributed by atoms with Gasteiger partial charge >= 0.3 is 0 Å². The van der Waals surface area contributed by atoms with Gasteiger partial charge < -0.3 is 10.3 Å². The number of aromatic nitrogens is 2. The largest absolute Gasteiger partial charge is 0.348 e. The number of rotatable bonds is 4. The molecule has 1 aliphatic carbocycles. The van der Waals surface area contributed by atoms with Crippen LogP contribution in [0.2, 0.25) is 5.02 Å². The fourth-order valence-electron chi connectivity index (χ4n) is 2.43. The molecule has 3 rings (SSSR count). The Bertz CT molecular complexity index is 486. The summed E-state index contributed by atoms with van der Waals surface area (Å²) in [5.74, 6) is 1.68. The summed E-state index contributed by atoms with van der Waals surface area (Å²) in [5, 5.41) is 4.32. The van der Waals surface area contributed by atoms with Crippen LogP contribution in [-0.4, -0.2) is 16.0 Å². The Morgan fingerprint density at radius 3 is 2.72 bits per heavy atom. The van der Waals surface area contributed by atoms with Crippen LogP contribution in [-0.2, 0) is 6.54 Å². The van der Waals surface area contributed by atoms with E-state index in [0.29, 0.717) is 12.0 Å². The van der Waals surface area contributed by atoms with Crippen molar-refractivity contribution in [2.24, 2.45) is 0 Å². The summed E-state index contributed by atoms with van der Waals surface area (Å²) in [5.41, 5.74) is 1.40. The van der Waals surface area contributed by atoms with Crippen molar-refractivity contribution in [2.75, 3.05) is 0 Å². The van der Waals surface area contributed by atoms with Gasteiger partial charge in [-0.1, -0.05) is 23.7 Å². The van der Waals surface area contributed by atoms with Crippen molar-refractivity contribution in [1.29, 1.82) is 0 Å². The van der Waals surface area contributed by atoms with Crippen molar-refractivity contribution < 1.29 is 0 Å². The first-order valence-electron chi connectivity index (χ1n) is 6.28. The fourth-order valence-corrected chi connectivity index (χ4v) is 2.55. The first-order chi connectivity index (χ1) is 8.81. The molecule has 1 fully saturated rings. The molecule has 0 atom stereocenters. The fraction of sp³-hybridized carbons (Fsp3) is 0.357. The minimum Gasteiger partial charge on any atom is -0.348 e. The molecule has 1 aliphatic rings. The molecule has 1 saturated carbocycles. The van der Waals surface area contributed by atoms with Gasteiger partial charge in [0.05, 0.1) is 6.54 Å². The average Bonchev–Trinajstić information content (AvgIpc) is 2.82. The van der Waals surface area contributed by atoms with E-state index in [4.69, 9.17) is 11.6 Å². The standard InChI is InChI=1S/C14H16ClN3/c15-12-3-1-10(2-4-12)11-7-13(8-11)18-9-14-16-5-6-17-14/h1-6,11,13,18H,7-9H2,(H,16,17). The van der Waals surface area contributed by atoms with Crippen molar-refractivity contribution in [3.63, 3.8) is 0 Å². The summed E-state index contributed by atoms with van der Waals surface area (Å²) < 4.78 is 0. The quantitative estimate of drug-likeness (QED) is 0.888. The maximum atomic E-state index is 5.89. The van der Waals surface area contributed by atoms with Gasteiger partial charge in [0.25, 0.3) is 0 Å². The van der Waals surface area contributed by atoms with Gasteiger partial charge in [0.15, 0.2) is 0 Å². The minimum absolute atomic E-state index is 0.607. The molecule has 2 N–H and O–H groups in total. The molecule has 18 heavy (non-hydrogen) atoms. The number of hydrogen-bond donors (Lipinski definition) is 2. The molecular formula is C14H16ClN3. The van der Waals surface area contributed by atoms with Crippen molar-refractivity contribution in [2.45, 2.75) is 31.3 Å². The predicted octanol–water partition coefficient (Wildman–Crippen LogP) is 3.10. The number of nitrogens with zero attached hydrogens (tertiary/aromatic N) is 1. The number of aromatic amines is 1. The van der Waals surface area contributed by atoms with E-state index in [2.05, 4.69) is 27.4 Å². The summed E-state index contributed by atoms with van der Waals surface area (Å²) in [4.78, 5) is 7.30. The number of hydrogen-bond acceptors (Lipinski definition) is 2. The third-order valence-electron chi connectivity index (χ3n) is 3.59. The third kappa shape index (κ3) is 2.57. The number of benzene rings is 1. The summed E-state index contributed by atoms with van der Waals surface area (Å²) in [6, 6.07) is 8.82. The highest BCUT2D eigenvalue weighted by Crippen LogP contribution is 2.37. The third-order valence-corrected chi connectivity index (χ3v) is 3.84. The van der Waals surface area contributed by atoms with Crippen LogP contribution in [0.5, 0.6) is 0 Å². The van der Waals surface area contributed by atoms with Crippen LogP contribution in [0, 0.1) is 0 Å². The molecular weight excluding hydrogens is 246 g/mol. The van der Waals surface area contributed by atoms with Crippen LogP contribution in [0.4, 0.5) is 0 Å². The number of nitrogens with one attached hydrogen (secondary N) is 2. The zero-order valence-electron chi connectivity index (χ0n) is 10.1. The van der Waals surface area contributed by atoms with Crippen molar-refractivity contribution >= 4 is 11.6 Å². The number of H-pyrrole nitrogens is 1. The monoisotopic (exact) mass is 261 g/mol. The SMILES string of the molecule is Clc1ccc(C2CC(NCc3ncc[nH]3)C2)cc1. The van der Waals surface area contributed by atoms with Crippen LogP contribution >= 0.6 is 11.6 Å². The lowest BCUT2D eigenvalue weighted by Crippen LogP contribution is -2.39. The summed E-state index contributed by atoms with van der Waals surface area (Å²) in [6.45, 7) is 0.824. The van der Waals surface area contributed by atoms with E-state index in [0.717, 1.165) is 17.4 Å². The molecule has 0 radical (unpaired) electrons. The Hall–Kier alpha value is -1.32. The second-order valence-electron chi connectivity index (χ2n) is 4.83. The van der Waals surface area contributed by atoms with Gasteiger partial charge in [-0.3, -0.25) is 0 Å². The van der Waals surface area contributed by atoms with Crippen molar-refractivity contribution in [1.82, 2.24) is 15.3 Å². The lowest BCUT2D eigenvalue weighted by atomic mass is 9.76. The summed E-state index contributed by atoms with van der Waals surface area (Å²) in [6.07, 6.45) is 6.04. The Morgan fingerprint density at radius 2 is 2.06 bits per heavy atom. The van der Waals surface area contributed by atoms with Crippen LogP contribution in [0.15, 0.2) is 36.7 Å². The number of imidazole rings is 1. The highest BCUT2D eigenvalue weighted by molar-refractivity contribution is 6.30. The molecule has 0 spiro atoms. The van der Waals surface area contributed by atoms with Crippen LogP contribution < -0.4 is 5.32 Å². The smallest absolute Gasteiger partial charge is 0.120 e. The topological polar surface area (TPSA) is 40.7 Å². The van der Waals surface area contributed by atoms with Gasteiger partial charge in [0, 0.05) is 23.5 Å². The van der Waals surface area contributed by atoms with E-state index in [9.17, 15) is 0 Å². The maximum absolute atomic E-state index is 5.89. The molecule has 3 nitrogen and oxygen atoms in total. The average molecular weight is 262 g/mol. The van der Waals surface area contributed by atoms with Crippen LogP contribution in [0.3, 0.4) is 0 Å². The van der Waals surface area contributed by atoms with Crippen molar-refractivity contribution in [3.05, 3.63) is 53.1 Å². The second-order valence-corrected chi connectivity index (χ2v) is 5.27. The van der Waals surface area contributed by atoms with E-state index in [-0.39, 0.29) is 0 Å². The molecule has 1 aromatic carbocycles. The molecule has 1 heterocycles. The molecule has 94 valence electrons. The van der Waals surface area contributed by atoms with Gasteiger partial charge in [0.1, 0.15) is 5.82 Å². The lowest BCUT2D eigenvalue weighted by molar-refractivity contribution is 0.288. The van der Waals surface area contributed by atoms with Gasteiger partial charge in [0.2, 0.25) is 0 Å². The van der Waals surface area contributed by atoms with E-state index < -0.39 is 0 Å². The maximum Gasteiger partial charge on any atom is 0.120 e. The van der Waals surface area contributed by atoms with Crippen molar-refractivity contribution in [3.8, 4) is 0 Å². The Kier molecular flexibility index (Phi) is 3.35. The summed E-state index contributed by atoms with van der Waals surface area (Å²) in [7, 11) is 0. The Morgan fingerprint density at radius 1 is 1.28 bits per heavy atom. The Balaban J connectivity index is 1.47. The zero-order chi connectivity index (χ0) is 12.4. The molecule has 1 aromatic heterocycles. The molecule has 0 amide bonds. The van der Waals surface area contributed by atoms with E-state index in [1.807, 2.05) is 18.3 Å². The first kappa shape index (κ1) is 11.8. The molecule has 0 aliphatic heterocycles. The molecule has 0 saturated heterocycles.